The number of benzene rings is 2. The van der Waals surface area contributed by atoms with E-state index in [-0.39, 0.29) is 11.5 Å². The first kappa shape index (κ1) is 21.0. The maximum atomic E-state index is 5.84. The van der Waals surface area contributed by atoms with Gasteiger partial charge in [0.05, 0.1) is 18.8 Å². The highest BCUT2D eigenvalue weighted by atomic mass is 16.5. The van der Waals surface area contributed by atoms with Gasteiger partial charge in [-0.15, -0.1) is 5.10 Å². The van der Waals surface area contributed by atoms with E-state index in [1.165, 1.54) is 29.8 Å². The minimum atomic E-state index is 0.263. The predicted octanol–water partition coefficient (Wildman–Crippen LogP) is 4.76. The van der Waals surface area contributed by atoms with Crippen LogP contribution in [0.1, 0.15) is 31.7 Å². The highest BCUT2D eigenvalue weighted by molar-refractivity contribution is 5.67. The Labute approximate surface area is 190 Å². The van der Waals surface area contributed by atoms with Crippen LogP contribution in [0.25, 0.3) is 11.3 Å². The monoisotopic (exact) mass is 431 g/mol. The van der Waals surface area contributed by atoms with Crippen molar-refractivity contribution >= 4 is 11.4 Å². The molecule has 32 heavy (non-hydrogen) atoms. The SMILES string of the molecule is Cc1cc(N2CC(C)(CNc3ccccc3)C2)ccc1-c1cn(CC2CCCCO2)nn1. The third-order valence-corrected chi connectivity index (χ3v) is 6.69. The third kappa shape index (κ3) is 4.65. The number of hydrogen-bond donors (Lipinski definition) is 1. The molecular formula is C26H33N5O. The molecule has 1 atom stereocenters. The first-order valence-electron chi connectivity index (χ1n) is 11.7. The summed E-state index contributed by atoms with van der Waals surface area (Å²) in [6.45, 7) is 9.27. The second-order valence-electron chi connectivity index (χ2n) is 9.70. The molecule has 6 nitrogen and oxygen atoms in total. The Kier molecular flexibility index (Phi) is 5.87. The van der Waals surface area contributed by atoms with E-state index in [4.69, 9.17) is 4.74 Å². The van der Waals surface area contributed by atoms with Crippen molar-refractivity contribution in [3.63, 3.8) is 0 Å². The van der Waals surface area contributed by atoms with Crippen LogP contribution in [0.5, 0.6) is 0 Å². The van der Waals surface area contributed by atoms with Gasteiger partial charge in [0, 0.05) is 48.6 Å². The quantitative estimate of drug-likeness (QED) is 0.584. The van der Waals surface area contributed by atoms with Gasteiger partial charge in [-0.1, -0.05) is 36.4 Å². The van der Waals surface area contributed by atoms with Gasteiger partial charge in [0.1, 0.15) is 5.69 Å². The molecule has 1 unspecified atom stereocenters. The molecule has 0 spiro atoms. The Hall–Kier alpha value is -2.86. The molecule has 168 valence electrons. The van der Waals surface area contributed by atoms with E-state index in [0.29, 0.717) is 0 Å². The van der Waals surface area contributed by atoms with E-state index < -0.39 is 0 Å². The summed E-state index contributed by atoms with van der Waals surface area (Å²) in [5.74, 6) is 0. The summed E-state index contributed by atoms with van der Waals surface area (Å²) in [6, 6.07) is 17.1. The number of ether oxygens (including phenoxy) is 1. The molecule has 1 aromatic heterocycles. The van der Waals surface area contributed by atoms with Crippen LogP contribution in [0.4, 0.5) is 11.4 Å². The fourth-order valence-electron chi connectivity index (χ4n) is 4.84. The second-order valence-corrected chi connectivity index (χ2v) is 9.70. The fourth-order valence-corrected chi connectivity index (χ4v) is 4.84. The molecule has 2 aromatic carbocycles. The lowest BCUT2D eigenvalue weighted by Gasteiger charge is -2.49. The Morgan fingerprint density at radius 1 is 1.12 bits per heavy atom. The molecule has 0 radical (unpaired) electrons. The summed E-state index contributed by atoms with van der Waals surface area (Å²) in [4.78, 5) is 2.46. The number of anilines is 2. The van der Waals surface area contributed by atoms with E-state index in [2.05, 4.69) is 89.1 Å². The molecule has 1 N–H and O–H groups in total. The lowest BCUT2D eigenvalue weighted by atomic mass is 9.81. The molecule has 0 aliphatic carbocycles. The van der Waals surface area contributed by atoms with E-state index in [1.807, 2.05) is 4.68 Å². The van der Waals surface area contributed by atoms with Crippen molar-refractivity contribution in [1.82, 2.24) is 15.0 Å². The summed E-state index contributed by atoms with van der Waals surface area (Å²) >= 11 is 0. The molecule has 6 heteroatoms. The summed E-state index contributed by atoms with van der Waals surface area (Å²) in [7, 11) is 0. The molecule has 0 saturated carbocycles. The Balaban J connectivity index is 1.19. The lowest BCUT2D eigenvalue weighted by molar-refractivity contribution is 0.00370. The molecule has 2 aliphatic heterocycles. The highest BCUT2D eigenvalue weighted by Crippen LogP contribution is 2.36. The van der Waals surface area contributed by atoms with Gasteiger partial charge in [0.2, 0.25) is 0 Å². The van der Waals surface area contributed by atoms with Gasteiger partial charge < -0.3 is 15.0 Å². The zero-order valence-corrected chi connectivity index (χ0v) is 19.1. The first-order chi connectivity index (χ1) is 15.6. The van der Waals surface area contributed by atoms with E-state index >= 15 is 0 Å². The highest BCUT2D eigenvalue weighted by Gasteiger charge is 2.38. The van der Waals surface area contributed by atoms with Crippen LogP contribution in [-0.4, -0.2) is 47.3 Å². The molecule has 3 aromatic rings. The van der Waals surface area contributed by atoms with Crippen molar-refractivity contribution in [3.05, 3.63) is 60.3 Å². The van der Waals surface area contributed by atoms with Gasteiger partial charge >= 0.3 is 0 Å². The molecule has 2 saturated heterocycles. The lowest BCUT2D eigenvalue weighted by Crippen LogP contribution is -2.58. The average Bonchev–Trinajstić information content (AvgIpc) is 3.25. The van der Waals surface area contributed by atoms with E-state index in [1.54, 1.807) is 0 Å². The average molecular weight is 432 g/mol. The molecule has 3 heterocycles. The van der Waals surface area contributed by atoms with Crippen molar-refractivity contribution < 1.29 is 4.74 Å². The number of para-hydroxylation sites is 1. The minimum absolute atomic E-state index is 0.263. The topological polar surface area (TPSA) is 55.2 Å². The maximum absolute atomic E-state index is 5.84. The number of nitrogens with zero attached hydrogens (tertiary/aromatic N) is 4. The second kappa shape index (κ2) is 8.94. The summed E-state index contributed by atoms with van der Waals surface area (Å²) in [5, 5.41) is 12.4. The van der Waals surface area contributed by atoms with Crippen molar-refractivity contribution in [1.29, 1.82) is 0 Å². The van der Waals surface area contributed by atoms with Crippen molar-refractivity contribution in [2.75, 3.05) is 36.5 Å². The Morgan fingerprint density at radius 2 is 1.97 bits per heavy atom. The van der Waals surface area contributed by atoms with Crippen LogP contribution < -0.4 is 10.2 Å². The Bertz CT molecular complexity index is 1040. The zero-order chi connectivity index (χ0) is 22.0. The van der Waals surface area contributed by atoms with Crippen molar-refractivity contribution in [2.24, 2.45) is 5.41 Å². The number of aryl methyl sites for hydroxylation is 1. The smallest absolute Gasteiger partial charge is 0.113 e. The van der Waals surface area contributed by atoms with Crippen LogP contribution in [0.2, 0.25) is 0 Å². The van der Waals surface area contributed by atoms with Gasteiger partial charge in [0.25, 0.3) is 0 Å². The zero-order valence-electron chi connectivity index (χ0n) is 19.1. The predicted molar refractivity (Wildman–Crippen MR) is 129 cm³/mol. The number of aromatic nitrogens is 3. The number of rotatable bonds is 7. The van der Waals surface area contributed by atoms with Gasteiger partial charge in [-0.3, -0.25) is 0 Å². The van der Waals surface area contributed by atoms with Gasteiger partial charge in [-0.2, -0.15) is 0 Å². The van der Waals surface area contributed by atoms with Crippen molar-refractivity contribution in [2.45, 2.75) is 45.8 Å². The van der Waals surface area contributed by atoms with Crippen LogP contribution in [0, 0.1) is 12.3 Å². The normalized spacial score (nSPS) is 20.1. The van der Waals surface area contributed by atoms with Gasteiger partial charge in [0.15, 0.2) is 0 Å². The summed E-state index contributed by atoms with van der Waals surface area (Å²) in [6.07, 6.45) is 5.84. The standard InChI is InChI=1S/C26H33N5O/c1-20-14-22(30-18-26(2,19-30)17-27-21-8-4-3-5-9-21)11-12-24(20)25-16-31(29-28-25)15-23-10-6-7-13-32-23/h3-5,8-9,11-12,14,16,23,27H,6-7,10,13,15,17-19H2,1-2H3. The van der Waals surface area contributed by atoms with Crippen LogP contribution in [0.3, 0.4) is 0 Å². The minimum Gasteiger partial charge on any atom is -0.384 e. The largest absolute Gasteiger partial charge is 0.384 e. The molecule has 5 rings (SSSR count). The third-order valence-electron chi connectivity index (χ3n) is 6.69. The number of nitrogens with one attached hydrogen (secondary N) is 1. The van der Waals surface area contributed by atoms with Gasteiger partial charge in [-0.05, 0) is 56.0 Å². The van der Waals surface area contributed by atoms with Crippen molar-refractivity contribution in [3.8, 4) is 11.3 Å². The molecule has 0 bridgehead atoms. The molecule has 2 fully saturated rings. The van der Waals surface area contributed by atoms with E-state index in [0.717, 1.165) is 50.5 Å². The van der Waals surface area contributed by atoms with E-state index in [9.17, 15) is 0 Å². The van der Waals surface area contributed by atoms with Crippen LogP contribution >= 0.6 is 0 Å². The Morgan fingerprint density at radius 3 is 2.72 bits per heavy atom. The first-order valence-corrected chi connectivity index (χ1v) is 11.7. The van der Waals surface area contributed by atoms with Gasteiger partial charge in [-0.25, -0.2) is 4.68 Å². The summed E-state index contributed by atoms with van der Waals surface area (Å²) < 4.78 is 7.77. The van der Waals surface area contributed by atoms with Crippen LogP contribution in [-0.2, 0) is 11.3 Å². The summed E-state index contributed by atoms with van der Waals surface area (Å²) in [5.41, 5.74) is 6.08. The maximum Gasteiger partial charge on any atom is 0.113 e. The fraction of sp³-hybridized carbons (Fsp3) is 0.462. The molecule has 2 aliphatic rings. The molecular weight excluding hydrogens is 398 g/mol. The molecule has 0 amide bonds. The number of hydrogen-bond acceptors (Lipinski definition) is 5. The van der Waals surface area contributed by atoms with Crippen LogP contribution in [0.15, 0.2) is 54.7 Å².